The molecular formula is C23H18Cl2O3. The quantitative estimate of drug-likeness (QED) is 0.365. The van der Waals surface area contributed by atoms with Crippen LogP contribution in [0.5, 0.6) is 11.5 Å². The maximum absolute atomic E-state index is 12.9. The molecule has 142 valence electrons. The SMILES string of the molecule is O=C(OCc1cccc(Oc2ccccc2)c1)C1(c2ccccc2)CC1(Cl)Cl. The van der Waals surface area contributed by atoms with Crippen molar-refractivity contribution >= 4 is 29.2 Å². The van der Waals surface area contributed by atoms with Crippen LogP contribution < -0.4 is 4.74 Å². The first kappa shape index (κ1) is 18.9. The van der Waals surface area contributed by atoms with E-state index in [0.717, 1.165) is 16.9 Å². The number of benzene rings is 3. The minimum atomic E-state index is -1.15. The van der Waals surface area contributed by atoms with Crippen LogP contribution in [0.3, 0.4) is 0 Å². The fourth-order valence-electron chi connectivity index (χ4n) is 3.26. The summed E-state index contributed by atoms with van der Waals surface area (Å²) in [7, 11) is 0. The van der Waals surface area contributed by atoms with E-state index in [9.17, 15) is 4.79 Å². The number of carbonyl (C=O) groups excluding carboxylic acids is 1. The van der Waals surface area contributed by atoms with Crippen LogP contribution in [-0.2, 0) is 21.6 Å². The number of hydrogen-bond donors (Lipinski definition) is 0. The summed E-state index contributed by atoms with van der Waals surface area (Å²) in [5, 5.41) is 0. The van der Waals surface area contributed by atoms with Crippen LogP contribution in [0.4, 0.5) is 0 Å². The molecule has 3 nitrogen and oxygen atoms in total. The predicted octanol–water partition coefficient (Wildman–Crippen LogP) is 6.04. The van der Waals surface area contributed by atoms with E-state index in [1.807, 2.05) is 84.9 Å². The van der Waals surface area contributed by atoms with Crippen molar-refractivity contribution in [2.45, 2.75) is 22.8 Å². The van der Waals surface area contributed by atoms with Crippen molar-refractivity contribution in [1.29, 1.82) is 0 Å². The Bertz CT molecular complexity index is 973. The van der Waals surface area contributed by atoms with Gasteiger partial charge in [0.05, 0.1) is 0 Å². The van der Waals surface area contributed by atoms with Crippen molar-refractivity contribution in [3.05, 3.63) is 96.1 Å². The van der Waals surface area contributed by atoms with E-state index in [4.69, 9.17) is 32.7 Å². The molecule has 1 aliphatic carbocycles. The molecule has 4 rings (SSSR count). The van der Waals surface area contributed by atoms with Gasteiger partial charge in [0.25, 0.3) is 0 Å². The molecule has 1 aliphatic rings. The van der Waals surface area contributed by atoms with Gasteiger partial charge in [-0.05, 0) is 35.4 Å². The first-order chi connectivity index (χ1) is 13.5. The molecule has 0 amide bonds. The fraction of sp³-hybridized carbons (Fsp3) is 0.174. The van der Waals surface area contributed by atoms with E-state index < -0.39 is 15.7 Å². The fourth-order valence-corrected chi connectivity index (χ4v) is 4.03. The highest BCUT2D eigenvalue weighted by Crippen LogP contribution is 2.65. The van der Waals surface area contributed by atoms with Gasteiger partial charge >= 0.3 is 5.97 Å². The van der Waals surface area contributed by atoms with Crippen LogP contribution in [0.15, 0.2) is 84.9 Å². The van der Waals surface area contributed by atoms with Crippen molar-refractivity contribution in [2.24, 2.45) is 0 Å². The number of esters is 1. The van der Waals surface area contributed by atoms with Crippen LogP contribution in [-0.4, -0.2) is 10.3 Å². The maximum Gasteiger partial charge on any atom is 0.320 e. The molecule has 0 radical (unpaired) electrons. The molecule has 1 fully saturated rings. The monoisotopic (exact) mass is 412 g/mol. The van der Waals surface area contributed by atoms with Gasteiger partial charge in [0, 0.05) is 6.42 Å². The third kappa shape index (κ3) is 3.60. The number of carbonyl (C=O) groups is 1. The Morgan fingerprint density at radius 2 is 1.46 bits per heavy atom. The summed E-state index contributed by atoms with van der Waals surface area (Å²) in [5.41, 5.74) is 0.571. The zero-order valence-electron chi connectivity index (χ0n) is 15.0. The topological polar surface area (TPSA) is 35.5 Å². The predicted molar refractivity (Wildman–Crippen MR) is 110 cm³/mol. The summed E-state index contributed by atoms with van der Waals surface area (Å²) in [6.07, 6.45) is 0.336. The molecule has 0 spiro atoms. The van der Waals surface area contributed by atoms with E-state index in [1.54, 1.807) is 0 Å². The highest BCUT2D eigenvalue weighted by Gasteiger charge is 2.73. The van der Waals surface area contributed by atoms with Gasteiger partial charge in [0.2, 0.25) is 0 Å². The minimum absolute atomic E-state index is 0.114. The summed E-state index contributed by atoms with van der Waals surface area (Å²) in [4.78, 5) is 12.9. The van der Waals surface area contributed by atoms with Crippen molar-refractivity contribution in [1.82, 2.24) is 0 Å². The molecule has 0 saturated heterocycles. The molecule has 0 N–H and O–H groups in total. The molecule has 1 saturated carbocycles. The number of rotatable bonds is 6. The van der Waals surface area contributed by atoms with Gasteiger partial charge in [-0.1, -0.05) is 83.9 Å². The van der Waals surface area contributed by atoms with E-state index in [-0.39, 0.29) is 6.61 Å². The lowest BCUT2D eigenvalue weighted by Gasteiger charge is -2.17. The van der Waals surface area contributed by atoms with Gasteiger partial charge in [0.1, 0.15) is 27.9 Å². The number of hydrogen-bond acceptors (Lipinski definition) is 3. The van der Waals surface area contributed by atoms with Crippen LogP contribution in [0.2, 0.25) is 0 Å². The van der Waals surface area contributed by atoms with Crippen molar-refractivity contribution in [2.75, 3.05) is 0 Å². The summed E-state index contributed by atoms with van der Waals surface area (Å²) >= 11 is 12.7. The molecule has 28 heavy (non-hydrogen) atoms. The number of alkyl halides is 2. The Balaban J connectivity index is 1.46. The third-order valence-corrected chi connectivity index (χ3v) is 5.76. The zero-order chi connectivity index (χ0) is 19.6. The maximum atomic E-state index is 12.9. The second kappa shape index (κ2) is 7.50. The lowest BCUT2D eigenvalue weighted by Crippen LogP contribution is -2.28. The average molecular weight is 413 g/mol. The second-order valence-electron chi connectivity index (χ2n) is 6.79. The van der Waals surface area contributed by atoms with E-state index in [2.05, 4.69) is 0 Å². The summed E-state index contributed by atoms with van der Waals surface area (Å²) < 4.78 is 10.3. The number of halogens is 2. The molecule has 0 aromatic heterocycles. The highest BCUT2D eigenvalue weighted by atomic mass is 35.5. The second-order valence-corrected chi connectivity index (χ2v) is 8.28. The van der Waals surface area contributed by atoms with Crippen LogP contribution in [0, 0.1) is 0 Å². The Labute approximate surface area is 173 Å². The lowest BCUT2D eigenvalue weighted by atomic mass is 9.96. The van der Waals surface area contributed by atoms with Crippen molar-refractivity contribution < 1.29 is 14.3 Å². The smallest absolute Gasteiger partial charge is 0.320 e. The molecular weight excluding hydrogens is 395 g/mol. The summed E-state index contributed by atoms with van der Waals surface area (Å²) in [5.74, 6) is 0.998. The Kier molecular flexibility index (Phi) is 5.05. The molecule has 0 bridgehead atoms. The number of ether oxygens (including phenoxy) is 2. The van der Waals surface area contributed by atoms with Gasteiger partial charge in [0.15, 0.2) is 0 Å². The van der Waals surface area contributed by atoms with Crippen molar-refractivity contribution in [3.63, 3.8) is 0 Å². The lowest BCUT2D eigenvalue weighted by molar-refractivity contribution is -0.148. The van der Waals surface area contributed by atoms with Gasteiger partial charge in [-0.15, -0.1) is 0 Å². The summed E-state index contributed by atoms with van der Waals surface area (Å²) in [6, 6.07) is 26.2. The van der Waals surface area contributed by atoms with Crippen LogP contribution in [0.1, 0.15) is 17.5 Å². The Hall–Kier alpha value is -2.49. The van der Waals surface area contributed by atoms with Crippen LogP contribution >= 0.6 is 23.2 Å². The molecule has 0 heterocycles. The first-order valence-electron chi connectivity index (χ1n) is 8.94. The normalized spacial score (nSPS) is 19.6. The molecule has 0 aliphatic heterocycles. The first-order valence-corrected chi connectivity index (χ1v) is 9.69. The molecule has 1 unspecified atom stereocenters. The molecule has 1 atom stereocenters. The number of para-hydroxylation sites is 1. The van der Waals surface area contributed by atoms with Gasteiger partial charge < -0.3 is 9.47 Å². The van der Waals surface area contributed by atoms with Gasteiger partial charge in [-0.2, -0.15) is 0 Å². The average Bonchev–Trinajstić information content (AvgIpc) is 3.31. The van der Waals surface area contributed by atoms with E-state index in [1.165, 1.54) is 0 Å². The highest BCUT2D eigenvalue weighted by molar-refractivity contribution is 6.54. The molecule has 3 aromatic carbocycles. The largest absolute Gasteiger partial charge is 0.460 e. The van der Waals surface area contributed by atoms with E-state index >= 15 is 0 Å². The molecule has 3 aromatic rings. The van der Waals surface area contributed by atoms with E-state index in [0.29, 0.717) is 12.2 Å². The third-order valence-electron chi connectivity index (χ3n) is 4.85. The minimum Gasteiger partial charge on any atom is -0.460 e. The molecule has 5 heteroatoms. The van der Waals surface area contributed by atoms with Gasteiger partial charge in [-0.3, -0.25) is 4.79 Å². The Morgan fingerprint density at radius 1 is 0.857 bits per heavy atom. The Morgan fingerprint density at radius 3 is 2.11 bits per heavy atom. The zero-order valence-corrected chi connectivity index (χ0v) is 16.5. The van der Waals surface area contributed by atoms with Crippen molar-refractivity contribution in [3.8, 4) is 11.5 Å². The summed E-state index contributed by atoms with van der Waals surface area (Å²) in [6.45, 7) is 0.114. The van der Waals surface area contributed by atoms with Gasteiger partial charge in [-0.25, -0.2) is 0 Å². The standard InChI is InChI=1S/C23H18Cl2O3/c24-23(25)16-22(23,18-9-3-1-4-10-18)21(26)27-15-17-8-7-13-20(14-17)28-19-11-5-2-6-12-19/h1-14H,15-16H2. The van der Waals surface area contributed by atoms with Crippen LogP contribution in [0.25, 0.3) is 0 Å².